The second kappa shape index (κ2) is 4.18. The minimum Gasteiger partial charge on any atom is -0.486 e. The zero-order chi connectivity index (χ0) is 12.5. The molecule has 5 heteroatoms. The van der Waals surface area contributed by atoms with E-state index >= 15 is 0 Å². The highest BCUT2D eigenvalue weighted by Crippen LogP contribution is 2.33. The van der Waals surface area contributed by atoms with Crippen molar-refractivity contribution in [2.24, 2.45) is 0 Å². The van der Waals surface area contributed by atoms with Crippen LogP contribution in [0.3, 0.4) is 0 Å². The minimum absolute atomic E-state index is 0.160. The van der Waals surface area contributed by atoms with Gasteiger partial charge in [-0.1, -0.05) is 0 Å². The van der Waals surface area contributed by atoms with E-state index in [4.69, 9.17) is 9.47 Å². The van der Waals surface area contributed by atoms with Crippen LogP contribution in [0.1, 0.15) is 5.82 Å². The van der Waals surface area contributed by atoms with E-state index in [-0.39, 0.29) is 5.56 Å². The molecule has 0 fully saturated rings. The number of fused-ring (bicyclic) bond motifs is 1. The molecule has 2 heterocycles. The summed E-state index contributed by atoms with van der Waals surface area (Å²) < 4.78 is 11.0. The first kappa shape index (κ1) is 10.8. The number of aromatic amines is 1. The third-order valence-corrected chi connectivity index (χ3v) is 2.70. The van der Waals surface area contributed by atoms with Gasteiger partial charge in [0.05, 0.1) is 5.69 Å². The van der Waals surface area contributed by atoms with E-state index < -0.39 is 0 Å². The second-order valence-corrected chi connectivity index (χ2v) is 4.07. The van der Waals surface area contributed by atoms with Gasteiger partial charge >= 0.3 is 0 Å². The zero-order valence-corrected chi connectivity index (χ0v) is 9.90. The predicted molar refractivity (Wildman–Crippen MR) is 66.0 cm³/mol. The maximum absolute atomic E-state index is 11.4. The number of nitrogens with one attached hydrogen (secondary N) is 1. The molecule has 3 rings (SSSR count). The number of aromatic nitrogens is 2. The molecule has 0 unspecified atom stereocenters. The van der Waals surface area contributed by atoms with E-state index in [2.05, 4.69) is 9.97 Å². The van der Waals surface area contributed by atoms with E-state index in [1.54, 1.807) is 6.92 Å². The van der Waals surface area contributed by atoms with Gasteiger partial charge in [-0.15, -0.1) is 0 Å². The lowest BCUT2D eigenvalue weighted by atomic mass is 10.1. The van der Waals surface area contributed by atoms with Gasteiger partial charge in [0.15, 0.2) is 11.5 Å². The molecule has 92 valence electrons. The highest BCUT2D eigenvalue weighted by Gasteiger charge is 2.13. The number of aryl methyl sites for hydroxylation is 1. The van der Waals surface area contributed by atoms with E-state index in [1.165, 1.54) is 6.07 Å². The van der Waals surface area contributed by atoms with Gasteiger partial charge < -0.3 is 14.5 Å². The summed E-state index contributed by atoms with van der Waals surface area (Å²) in [6.45, 7) is 2.86. The van der Waals surface area contributed by atoms with E-state index in [0.717, 1.165) is 11.3 Å². The Morgan fingerprint density at radius 1 is 1.17 bits per heavy atom. The van der Waals surface area contributed by atoms with Gasteiger partial charge in [0.1, 0.15) is 19.0 Å². The van der Waals surface area contributed by atoms with Gasteiger partial charge in [-0.2, -0.15) is 0 Å². The summed E-state index contributed by atoms with van der Waals surface area (Å²) in [5.41, 5.74) is 1.31. The summed E-state index contributed by atoms with van der Waals surface area (Å²) in [6, 6.07) is 7.02. The lowest BCUT2D eigenvalue weighted by Gasteiger charge is -2.18. The Bertz CT molecular complexity index is 649. The Labute approximate surface area is 103 Å². The first-order valence-corrected chi connectivity index (χ1v) is 5.70. The van der Waals surface area contributed by atoms with Crippen molar-refractivity contribution in [2.45, 2.75) is 6.92 Å². The number of rotatable bonds is 1. The Hall–Kier alpha value is -2.30. The Morgan fingerprint density at radius 3 is 2.72 bits per heavy atom. The van der Waals surface area contributed by atoms with Crippen LogP contribution in [-0.4, -0.2) is 23.2 Å². The van der Waals surface area contributed by atoms with Crippen molar-refractivity contribution >= 4 is 0 Å². The molecule has 1 N–H and O–H groups in total. The van der Waals surface area contributed by atoms with Crippen molar-refractivity contribution < 1.29 is 9.47 Å². The third-order valence-electron chi connectivity index (χ3n) is 2.70. The monoisotopic (exact) mass is 244 g/mol. The van der Waals surface area contributed by atoms with Gasteiger partial charge in [0.25, 0.3) is 5.56 Å². The molecule has 0 spiro atoms. The minimum atomic E-state index is -0.160. The molecule has 5 nitrogen and oxygen atoms in total. The molecule has 1 aromatic heterocycles. The molecule has 1 aliphatic rings. The zero-order valence-electron chi connectivity index (χ0n) is 9.90. The first-order chi connectivity index (χ1) is 8.72. The molecule has 1 aliphatic heterocycles. The molecular weight excluding hydrogens is 232 g/mol. The van der Waals surface area contributed by atoms with Gasteiger partial charge in [-0.05, 0) is 25.1 Å². The van der Waals surface area contributed by atoms with E-state index in [9.17, 15) is 4.79 Å². The summed E-state index contributed by atoms with van der Waals surface area (Å²) in [6.07, 6.45) is 0. The molecule has 18 heavy (non-hydrogen) atoms. The van der Waals surface area contributed by atoms with Gasteiger partial charge in [-0.3, -0.25) is 4.79 Å². The van der Waals surface area contributed by atoms with Crippen molar-refractivity contribution in [3.63, 3.8) is 0 Å². The van der Waals surface area contributed by atoms with Crippen LogP contribution in [0.5, 0.6) is 11.5 Å². The predicted octanol–water partition coefficient (Wildman–Crippen LogP) is 1.52. The number of nitrogens with zero attached hydrogens (tertiary/aromatic N) is 1. The van der Waals surface area contributed by atoms with Crippen LogP contribution in [0.2, 0.25) is 0 Å². The smallest absolute Gasteiger partial charge is 0.251 e. The average molecular weight is 244 g/mol. The van der Waals surface area contributed by atoms with Crippen molar-refractivity contribution in [3.05, 3.63) is 40.4 Å². The number of benzene rings is 1. The van der Waals surface area contributed by atoms with Crippen LogP contribution in [0, 0.1) is 6.92 Å². The van der Waals surface area contributed by atoms with E-state index in [0.29, 0.717) is 30.5 Å². The second-order valence-electron chi connectivity index (χ2n) is 4.07. The molecule has 0 saturated heterocycles. The number of hydrogen-bond donors (Lipinski definition) is 1. The van der Waals surface area contributed by atoms with Crippen LogP contribution in [-0.2, 0) is 0 Å². The van der Waals surface area contributed by atoms with Gasteiger partial charge in [0.2, 0.25) is 0 Å². The largest absolute Gasteiger partial charge is 0.486 e. The summed E-state index contributed by atoms with van der Waals surface area (Å²) in [4.78, 5) is 18.3. The normalized spacial score (nSPS) is 13.4. The standard InChI is InChI=1S/C13H12N2O3/c1-8-14-10(7-13(16)15-8)9-2-3-11-12(6-9)18-5-4-17-11/h2-3,6-7H,4-5H2,1H3,(H,14,15,16). The van der Waals surface area contributed by atoms with Crippen LogP contribution < -0.4 is 15.0 Å². The van der Waals surface area contributed by atoms with Crippen molar-refractivity contribution in [1.29, 1.82) is 0 Å². The first-order valence-electron chi connectivity index (χ1n) is 5.70. The number of hydrogen-bond acceptors (Lipinski definition) is 4. The Kier molecular flexibility index (Phi) is 2.51. The third kappa shape index (κ3) is 1.95. The lowest BCUT2D eigenvalue weighted by Crippen LogP contribution is -2.15. The molecular formula is C13H12N2O3. The summed E-state index contributed by atoms with van der Waals surface area (Å²) in [7, 11) is 0. The van der Waals surface area contributed by atoms with Crippen molar-refractivity contribution in [1.82, 2.24) is 9.97 Å². The van der Waals surface area contributed by atoms with Crippen LogP contribution in [0.25, 0.3) is 11.3 Å². The van der Waals surface area contributed by atoms with Crippen molar-refractivity contribution in [3.8, 4) is 22.8 Å². The topological polar surface area (TPSA) is 64.2 Å². The molecule has 0 saturated carbocycles. The lowest BCUT2D eigenvalue weighted by molar-refractivity contribution is 0.171. The van der Waals surface area contributed by atoms with Crippen LogP contribution in [0.4, 0.5) is 0 Å². The maximum Gasteiger partial charge on any atom is 0.251 e. The van der Waals surface area contributed by atoms with E-state index in [1.807, 2.05) is 18.2 Å². The van der Waals surface area contributed by atoms with Crippen molar-refractivity contribution in [2.75, 3.05) is 13.2 Å². The average Bonchev–Trinajstić information content (AvgIpc) is 2.37. The number of H-pyrrole nitrogens is 1. The Morgan fingerprint density at radius 2 is 1.94 bits per heavy atom. The Balaban J connectivity index is 2.08. The van der Waals surface area contributed by atoms with Gasteiger partial charge in [-0.25, -0.2) is 4.98 Å². The van der Waals surface area contributed by atoms with Crippen LogP contribution in [0.15, 0.2) is 29.1 Å². The fourth-order valence-electron chi connectivity index (χ4n) is 1.93. The summed E-state index contributed by atoms with van der Waals surface area (Å²) >= 11 is 0. The highest BCUT2D eigenvalue weighted by molar-refractivity contribution is 5.63. The quantitative estimate of drug-likeness (QED) is 0.826. The fraction of sp³-hybridized carbons (Fsp3) is 0.231. The highest BCUT2D eigenvalue weighted by atomic mass is 16.6. The van der Waals surface area contributed by atoms with Crippen LogP contribution >= 0.6 is 0 Å². The summed E-state index contributed by atoms with van der Waals surface area (Å²) in [5, 5.41) is 0. The molecule has 0 aliphatic carbocycles. The van der Waals surface area contributed by atoms with Gasteiger partial charge in [0, 0.05) is 11.6 Å². The maximum atomic E-state index is 11.4. The molecule has 0 amide bonds. The molecule has 1 aromatic carbocycles. The SMILES string of the molecule is Cc1nc(-c2ccc3c(c2)OCCO3)cc(=O)[nH]1. The fourth-order valence-corrected chi connectivity index (χ4v) is 1.93. The molecule has 0 atom stereocenters. The molecule has 0 bridgehead atoms. The molecule has 0 radical (unpaired) electrons. The molecule has 2 aromatic rings. The number of ether oxygens (including phenoxy) is 2. The summed E-state index contributed by atoms with van der Waals surface area (Å²) in [5.74, 6) is 2.01.